The van der Waals surface area contributed by atoms with Crippen molar-refractivity contribution in [2.45, 2.75) is 135 Å². The third-order valence-corrected chi connectivity index (χ3v) is 4.99. The van der Waals surface area contributed by atoms with Gasteiger partial charge in [0.1, 0.15) is 0 Å². The van der Waals surface area contributed by atoms with Gasteiger partial charge in [-0.3, -0.25) is 4.79 Å². The molecule has 2 nitrogen and oxygen atoms in total. The molecule has 0 heterocycles. The molecule has 154 valence electrons. The van der Waals surface area contributed by atoms with Gasteiger partial charge in [-0.25, -0.2) is 0 Å². The molecule has 0 fully saturated rings. The summed E-state index contributed by atoms with van der Waals surface area (Å²) in [5, 5.41) is 8.56. The molecule has 0 aliphatic rings. The molecule has 0 saturated heterocycles. The van der Waals surface area contributed by atoms with Crippen molar-refractivity contribution in [1.29, 1.82) is 0 Å². The molecule has 0 aromatic carbocycles. The Bertz CT molecular complexity index is 263. The van der Waals surface area contributed by atoms with Gasteiger partial charge in [0.2, 0.25) is 0 Å². The van der Waals surface area contributed by atoms with Crippen LogP contribution in [0.25, 0.3) is 0 Å². The molecule has 0 unspecified atom stereocenters. The summed E-state index contributed by atoms with van der Waals surface area (Å²) in [6.07, 6.45) is 26.1. The van der Waals surface area contributed by atoms with Crippen LogP contribution < -0.4 is 0 Å². The SMILES string of the molecule is CCCCCCCCCCCCCCCCCCCCCC(=O)O.[AlH3].[CaH2]. The number of hydrogen-bond acceptors (Lipinski definition) is 1. The number of carboxylic acid groups (broad SMARTS) is 1. The molecular formula is C22H49AlCaO2. The van der Waals surface area contributed by atoms with Crippen LogP contribution in [0.15, 0.2) is 0 Å². The monoisotopic (exact) mass is 412 g/mol. The Morgan fingerprint density at radius 2 is 0.769 bits per heavy atom. The second-order valence-electron chi connectivity index (χ2n) is 7.51. The number of carboxylic acids is 1. The van der Waals surface area contributed by atoms with Gasteiger partial charge in [-0.1, -0.05) is 122 Å². The maximum absolute atomic E-state index is 10.4. The summed E-state index contributed by atoms with van der Waals surface area (Å²) in [6, 6.07) is 0. The van der Waals surface area contributed by atoms with E-state index in [-0.39, 0.29) is 55.1 Å². The van der Waals surface area contributed by atoms with Crippen molar-refractivity contribution in [3.8, 4) is 0 Å². The van der Waals surface area contributed by atoms with Crippen molar-refractivity contribution < 1.29 is 9.90 Å². The predicted molar refractivity (Wildman–Crippen MR) is 124 cm³/mol. The van der Waals surface area contributed by atoms with E-state index in [0.29, 0.717) is 6.42 Å². The molecule has 0 aliphatic carbocycles. The van der Waals surface area contributed by atoms with E-state index < -0.39 is 5.97 Å². The van der Waals surface area contributed by atoms with Gasteiger partial charge in [0.05, 0.1) is 0 Å². The second kappa shape index (κ2) is 28.5. The van der Waals surface area contributed by atoms with Crippen molar-refractivity contribution in [3.05, 3.63) is 0 Å². The van der Waals surface area contributed by atoms with E-state index in [4.69, 9.17) is 5.11 Å². The Hall–Kier alpha value is 1.26. The van der Waals surface area contributed by atoms with Gasteiger partial charge in [-0.15, -0.1) is 0 Å². The molecule has 0 aliphatic heterocycles. The summed E-state index contributed by atoms with van der Waals surface area (Å²) in [4.78, 5) is 10.4. The summed E-state index contributed by atoms with van der Waals surface area (Å²) >= 11 is 0. The summed E-state index contributed by atoms with van der Waals surface area (Å²) in [5.74, 6) is -0.651. The van der Waals surface area contributed by atoms with Crippen LogP contribution in [0.2, 0.25) is 0 Å². The summed E-state index contributed by atoms with van der Waals surface area (Å²) in [6.45, 7) is 2.28. The van der Waals surface area contributed by atoms with Crippen molar-refractivity contribution in [2.75, 3.05) is 0 Å². The average molecular weight is 413 g/mol. The molecule has 0 aromatic rings. The minimum atomic E-state index is -0.651. The first kappa shape index (κ1) is 31.9. The van der Waals surface area contributed by atoms with Gasteiger partial charge < -0.3 is 5.11 Å². The number of hydrogen-bond donors (Lipinski definition) is 1. The van der Waals surface area contributed by atoms with Gasteiger partial charge in [0, 0.05) is 6.42 Å². The predicted octanol–water partition coefficient (Wildman–Crippen LogP) is 5.79. The zero-order valence-electron chi connectivity index (χ0n) is 16.5. The summed E-state index contributed by atoms with van der Waals surface area (Å²) in [7, 11) is 0. The molecule has 0 aromatic heterocycles. The Morgan fingerprint density at radius 3 is 1.00 bits per heavy atom. The zero-order valence-corrected chi connectivity index (χ0v) is 16.5. The van der Waals surface area contributed by atoms with Crippen LogP contribution >= 0.6 is 0 Å². The van der Waals surface area contributed by atoms with E-state index >= 15 is 0 Å². The van der Waals surface area contributed by atoms with Crippen LogP contribution in [0.3, 0.4) is 0 Å². The van der Waals surface area contributed by atoms with E-state index in [9.17, 15) is 4.79 Å². The van der Waals surface area contributed by atoms with E-state index in [2.05, 4.69) is 6.92 Å². The van der Waals surface area contributed by atoms with Gasteiger partial charge in [-0.2, -0.15) is 0 Å². The van der Waals surface area contributed by atoms with E-state index in [0.717, 1.165) is 12.8 Å². The molecule has 1 N–H and O–H groups in total. The average Bonchev–Trinajstić information content (AvgIpc) is 2.56. The first-order valence-electron chi connectivity index (χ1n) is 11.0. The minimum absolute atomic E-state index is 0. The van der Waals surface area contributed by atoms with Crippen LogP contribution in [-0.4, -0.2) is 66.2 Å². The van der Waals surface area contributed by atoms with Gasteiger partial charge in [0.25, 0.3) is 0 Å². The summed E-state index contributed by atoms with van der Waals surface area (Å²) in [5.41, 5.74) is 0. The molecule has 0 atom stereocenters. The van der Waals surface area contributed by atoms with Crippen LogP contribution in [0.5, 0.6) is 0 Å². The number of aliphatic carboxylic acids is 1. The third-order valence-electron chi connectivity index (χ3n) is 4.99. The van der Waals surface area contributed by atoms with Crippen molar-refractivity contribution >= 4 is 61.1 Å². The van der Waals surface area contributed by atoms with Crippen LogP contribution in [0.4, 0.5) is 0 Å². The normalized spacial score (nSPS) is 10.2. The van der Waals surface area contributed by atoms with Crippen LogP contribution in [-0.2, 0) is 4.79 Å². The van der Waals surface area contributed by atoms with Gasteiger partial charge >= 0.3 is 43.7 Å². The number of carbonyl (C=O) groups is 1. The Labute approximate surface area is 204 Å². The fourth-order valence-electron chi connectivity index (χ4n) is 3.35. The quantitative estimate of drug-likeness (QED) is 0.203. The molecule has 0 radical (unpaired) electrons. The van der Waals surface area contributed by atoms with Crippen LogP contribution in [0.1, 0.15) is 135 Å². The van der Waals surface area contributed by atoms with E-state index in [1.54, 1.807) is 0 Å². The molecule has 0 rings (SSSR count). The molecule has 0 spiro atoms. The second-order valence-corrected chi connectivity index (χ2v) is 7.51. The van der Waals surface area contributed by atoms with E-state index in [1.807, 2.05) is 0 Å². The summed E-state index contributed by atoms with van der Waals surface area (Å²) < 4.78 is 0. The topological polar surface area (TPSA) is 37.3 Å². The van der Waals surface area contributed by atoms with Crippen LogP contribution in [0, 0.1) is 0 Å². The van der Waals surface area contributed by atoms with Gasteiger partial charge in [-0.05, 0) is 6.42 Å². The molecule has 0 bridgehead atoms. The van der Waals surface area contributed by atoms with Crippen molar-refractivity contribution in [3.63, 3.8) is 0 Å². The molecule has 0 amide bonds. The number of unbranched alkanes of at least 4 members (excludes halogenated alkanes) is 18. The first-order chi connectivity index (χ1) is 11.8. The standard InChI is InChI=1S/C22H44O2.Al.Ca.5H/c1-2-3-4-5-6-7-8-9-10-11-12-13-14-15-16-17-18-19-20-21-22(23)24;;;;;;;/h2-21H2,1H3,(H,23,24);;;;;;;. The third kappa shape index (κ3) is 30.0. The molecular weight excluding hydrogens is 363 g/mol. The fourth-order valence-corrected chi connectivity index (χ4v) is 3.35. The van der Waals surface area contributed by atoms with Crippen molar-refractivity contribution in [2.24, 2.45) is 0 Å². The first-order valence-corrected chi connectivity index (χ1v) is 11.0. The Balaban J connectivity index is -0.00000264. The zero-order chi connectivity index (χ0) is 17.7. The molecule has 0 saturated carbocycles. The molecule has 26 heavy (non-hydrogen) atoms. The van der Waals surface area contributed by atoms with Crippen molar-refractivity contribution in [1.82, 2.24) is 0 Å². The Morgan fingerprint density at radius 1 is 0.538 bits per heavy atom. The maximum atomic E-state index is 10.4. The molecule has 4 heteroatoms. The van der Waals surface area contributed by atoms with E-state index in [1.165, 1.54) is 109 Å². The number of rotatable bonds is 20. The Kier molecular flexibility index (Phi) is 35.0. The fraction of sp³-hybridized carbons (Fsp3) is 0.955. The van der Waals surface area contributed by atoms with Gasteiger partial charge in [0.15, 0.2) is 17.4 Å².